The average Bonchev–Trinajstić information content (AvgIpc) is 3.35. The second kappa shape index (κ2) is 8.21. The summed E-state index contributed by atoms with van der Waals surface area (Å²) in [7, 11) is 1.70. The summed E-state index contributed by atoms with van der Waals surface area (Å²) in [4.78, 5) is 22.0. The summed E-state index contributed by atoms with van der Waals surface area (Å²) in [5.74, 6) is 1.67. The lowest BCUT2D eigenvalue weighted by atomic mass is 9.96. The Balaban J connectivity index is 1.40. The van der Waals surface area contributed by atoms with Crippen molar-refractivity contribution in [2.75, 3.05) is 26.7 Å². The molecule has 2 saturated heterocycles. The third kappa shape index (κ3) is 3.67. The second-order valence-corrected chi connectivity index (χ2v) is 8.90. The maximum atomic E-state index is 12.7. The molecule has 0 aliphatic carbocycles. The number of ether oxygens (including phenoxy) is 1. The van der Waals surface area contributed by atoms with E-state index in [0.29, 0.717) is 17.9 Å². The zero-order chi connectivity index (χ0) is 19.7. The number of piperidine rings is 1. The first kappa shape index (κ1) is 19.4. The Morgan fingerprint density at radius 3 is 2.57 bits per heavy atom. The molecule has 28 heavy (non-hydrogen) atoms. The molecule has 2 aromatic rings. The van der Waals surface area contributed by atoms with Gasteiger partial charge in [-0.2, -0.15) is 0 Å². The molecule has 6 heteroatoms. The van der Waals surface area contributed by atoms with Crippen LogP contribution in [0.15, 0.2) is 29.6 Å². The van der Waals surface area contributed by atoms with E-state index in [0.717, 1.165) is 55.9 Å². The Labute approximate surface area is 171 Å². The zero-order valence-electron chi connectivity index (χ0n) is 16.9. The van der Waals surface area contributed by atoms with Gasteiger partial charge in [0.15, 0.2) is 0 Å². The highest BCUT2D eigenvalue weighted by molar-refractivity contribution is 7.10. The summed E-state index contributed by atoms with van der Waals surface area (Å²) >= 11 is 1.75. The number of hydrogen-bond acceptors (Lipinski definition) is 5. The van der Waals surface area contributed by atoms with Gasteiger partial charge in [-0.25, -0.2) is 4.98 Å². The zero-order valence-corrected chi connectivity index (χ0v) is 17.7. The molecule has 1 unspecified atom stereocenters. The van der Waals surface area contributed by atoms with Crippen molar-refractivity contribution in [3.63, 3.8) is 0 Å². The van der Waals surface area contributed by atoms with Crippen molar-refractivity contribution in [1.29, 1.82) is 0 Å². The molecular weight excluding hydrogens is 370 g/mol. The van der Waals surface area contributed by atoms with Crippen LogP contribution in [0, 0.1) is 0 Å². The molecule has 0 radical (unpaired) electrons. The molecule has 1 aromatic heterocycles. The van der Waals surface area contributed by atoms with Gasteiger partial charge in [-0.05, 0) is 58.3 Å². The Morgan fingerprint density at radius 1 is 1.14 bits per heavy atom. The number of carbonyl (C=O) groups is 1. The van der Waals surface area contributed by atoms with E-state index < -0.39 is 0 Å². The van der Waals surface area contributed by atoms with Gasteiger partial charge in [0, 0.05) is 29.4 Å². The van der Waals surface area contributed by atoms with Crippen LogP contribution in [0.5, 0.6) is 5.75 Å². The summed E-state index contributed by atoms with van der Waals surface area (Å²) in [6.07, 6.45) is 3.12. The van der Waals surface area contributed by atoms with Crippen LogP contribution in [-0.2, 0) is 4.79 Å². The largest absolute Gasteiger partial charge is 0.496 e. The number of aromatic nitrogens is 1. The molecule has 1 atom stereocenters. The SMILES string of the molecule is COc1ccccc1-c1csc(C2CCN(C3CCN(C(C)C)C3=O)CC2)n1. The van der Waals surface area contributed by atoms with Gasteiger partial charge in [-0.3, -0.25) is 9.69 Å². The Morgan fingerprint density at radius 2 is 1.89 bits per heavy atom. The van der Waals surface area contributed by atoms with Gasteiger partial charge in [0.1, 0.15) is 5.75 Å². The van der Waals surface area contributed by atoms with E-state index in [1.165, 1.54) is 5.01 Å². The van der Waals surface area contributed by atoms with Crippen molar-refractivity contribution >= 4 is 17.2 Å². The predicted molar refractivity (Wildman–Crippen MR) is 113 cm³/mol. The predicted octanol–water partition coefficient (Wildman–Crippen LogP) is 4.01. The minimum absolute atomic E-state index is 0.0868. The third-order valence-corrected chi connectivity index (χ3v) is 7.07. The minimum atomic E-state index is 0.0868. The van der Waals surface area contributed by atoms with Gasteiger partial charge in [-0.1, -0.05) is 12.1 Å². The van der Waals surface area contributed by atoms with Crippen molar-refractivity contribution in [2.24, 2.45) is 0 Å². The lowest BCUT2D eigenvalue weighted by molar-refractivity contribution is -0.133. The summed E-state index contributed by atoms with van der Waals surface area (Å²) in [5.41, 5.74) is 2.05. The van der Waals surface area contributed by atoms with Crippen LogP contribution in [0.1, 0.15) is 44.0 Å². The lowest BCUT2D eigenvalue weighted by Crippen LogP contribution is -2.46. The van der Waals surface area contributed by atoms with Gasteiger partial charge in [-0.15, -0.1) is 11.3 Å². The molecule has 1 amide bonds. The fourth-order valence-corrected chi connectivity index (χ4v) is 5.44. The fraction of sp³-hybridized carbons (Fsp3) is 0.545. The minimum Gasteiger partial charge on any atom is -0.496 e. The van der Waals surface area contributed by atoms with Gasteiger partial charge in [0.05, 0.1) is 23.9 Å². The van der Waals surface area contributed by atoms with E-state index in [9.17, 15) is 4.79 Å². The van der Waals surface area contributed by atoms with E-state index in [2.05, 4.69) is 30.2 Å². The Bertz CT molecular complexity index is 827. The Kier molecular flexibility index (Phi) is 5.69. The lowest BCUT2D eigenvalue weighted by Gasteiger charge is -2.34. The van der Waals surface area contributed by atoms with Gasteiger partial charge >= 0.3 is 0 Å². The van der Waals surface area contributed by atoms with Crippen molar-refractivity contribution in [3.05, 3.63) is 34.7 Å². The summed E-state index contributed by atoms with van der Waals surface area (Å²) < 4.78 is 5.48. The molecule has 4 rings (SSSR count). The maximum Gasteiger partial charge on any atom is 0.240 e. The topological polar surface area (TPSA) is 45.7 Å². The number of thiazole rings is 1. The number of hydrogen-bond donors (Lipinski definition) is 0. The molecular formula is C22H29N3O2S. The number of para-hydroxylation sites is 1. The summed E-state index contributed by atoms with van der Waals surface area (Å²) in [6, 6.07) is 8.44. The highest BCUT2D eigenvalue weighted by Crippen LogP contribution is 2.36. The van der Waals surface area contributed by atoms with Gasteiger partial charge < -0.3 is 9.64 Å². The molecule has 2 aliphatic heterocycles. The van der Waals surface area contributed by atoms with Crippen molar-refractivity contribution in [1.82, 2.24) is 14.8 Å². The molecule has 0 N–H and O–H groups in total. The summed E-state index contributed by atoms with van der Waals surface area (Å²) in [5, 5.41) is 3.35. The number of nitrogens with zero attached hydrogens (tertiary/aromatic N) is 3. The van der Waals surface area contributed by atoms with Gasteiger partial charge in [0.25, 0.3) is 0 Å². The van der Waals surface area contributed by atoms with Crippen molar-refractivity contribution in [3.8, 4) is 17.0 Å². The molecule has 5 nitrogen and oxygen atoms in total. The summed E-state index contributed by atoms with van der Waals surface area (Å²) in [6.45, 7) is 7.07. The highest BCUT2D eigenvalue weighted by Gasteiger charge is 2.38. The van der Waals surface area contributed by atoms with E-state index in [1.54, 1.807) is 18.4 Å². The van der Waals surface area contributed by atoms with Crippen LogP contribution in [0.2, 0.25) is 0 Å². The molecule has 0 bridgehead atoms. The van der Waals surface area contributed by atoms with Crippen LogP contribution in [0.25, 0.3) is 11.3 Å². The fourth-order valence-electron chi connectivity index (χ4n) is 4.45. The van der Waals surface area contributed by atoms with Crippen molar-refractivity contribution in [2.45, 2.75) is 51.1 Å². The number of likely N-dealkylation sites (tertiary alicyclic amines) is 2. The van der Waals surface area contributed by atoms with Crippen LogP contribution in [0.4, 0.5) is 0 Å². The average molecular weight is 400 g/mol. The molecule has 2 fully saturated rings. The van der Waals surface area contributed by atoms with Crippen molar-refractivity contribution < 1.29 is 9.53 Å². The molecule has 1 aromatic carbocycles. The molecule has 0 saturated carbocycles. The van der Waals surface area contributed by atoms with Crippen LogP contribution in [0.3, 0.4) is 0 Å². The number of carbonyl (C=O) groups excluding carboxylic acids is 1. The van der Waals surface area contributed by atoms with Crippen LogP contribution < -0.4 is 4.74 Å². The molecule has 2 aliphatic rings. The van der Waals surface area contributed by atoms with E-state index >= 15 is 0 Å². The normalized spacial score (nSPS) is 21.6. The number of methoxy groups -OCH3 is 1. The smallest absolute Gasteiger partial charge is 0.240 e. The monoisotopic (exact) mass is 399 g/mol. The van der Waals surface area contributed by atoms with E-state index in [1.807, 2.05) is 23.1 Å². The second-order valence-electron chi connectivity index (χ2n) is 8.01. The van der Waals surface area contributed by atoms with Crippen LogP contribution >= 0.6 is 11.3 Å². The standard InChI is InChI=1S/C22H29N3O2S/c1-15(2)25-13-10-19(22(25)26)24-11-8-16(9-12-24)21-23-18(14-28-21)17-6-4-5-7-20(17)27-3/h4-7,14-16,19H,8-13H2,1-3H3. The molecule has 150 valence electrons. The maximum absolute atomic E-state index is 12.7. The van der Waals surface area contributed by atoms with Crippen LogP contribution in [-0.4, -0.2) is 59.5 Å². The molecule has 3 heterocycles. The first-order valence-corrected chi connectivity index (χ1v) is 11.1. The number of benzene rings is 1. The first-order chi connectivity index (χ1) is 13.6. The number of rotatable bonds is 5. The highest BCUT2D eigenvalue weighted by atomic mass is 32.1. The number of amides is 1. The van der Waals surface area contributed by atoms with Gasteiger partial charge in [0.2, 0.25) is 5.91 Å². The quantitative estimate of drug-likeness (QED) is 0.762. The van der Waals surface area contributed by atoms with E-state index in [4.69, 9.17) is 9.72 Å². The molecule has 0 spiro atoms. The van der Waals surface area contributed by atoms with E-state index in [-0.39, 0.29) is 6.04 Å². The third-order valence-electron chi connectivity index (χ3n) is 6.06. The Hall–Kier alpha value is -1.92. The first-order valence-electron chi connectivity index (χ1n) is 10.2.